The van der Waals surface area contributed by atoms with Gasteiger partial charge in [-0.15, -0.1) is 0 Å². The van der Waals surface area contributed by atoms with Crippen LogP contribution in [0.2, 0.25) is 0 Å². The van der Waals surface area contributed by atoms with Gasteiger partial charge in [-0.05, 0) is 30.5 Å². The van der Waals surface area contributed by atoms with Crippen molar-refractivity contribution >= 4 is 11.6 Å². The van der Waals surface area contributed by atoms with Crippen molar-refractivity contribution in [3.63, 3.8) is 0 Å². The van der Waals surface area contributed by atoms with Crippen LogP contribution in [0.25, 0.3) is 0 Å². The molecule has 0 aliphatic carbocycles. The Morgan fingerprint density at radius 3 is 2.90 bits per heavy atom. The highest BCUT2D eigenvalue weighted by atomic mass is 16.2. The number of nitrogens with one attached hydrogen (secondary N) is 1. The summed E-state index contributed by atoms with van der Waals surface area (Å²) in [6.45, 7) is 4.24. The molecule has 0 saturated carbocycles. The number of anilines is 1. The summed E-state index contributed by atoms with van der Waals surface area (Å²) < 4.78 is 0. The summed E-state index contributed by atoms with van der Waals surface area (Å²) in [5.41, 5.74) is 4.10. The molecule has 1 aromatic heterocycles. The second kappa shape index (κ2) is 5.95. The van der Waals surface area contributed by atoms with Crippen LogP contribution in [0.15, 0.2) is 42.7 Å². The van der Waals surface area contributed by atoms with Gasteiger partial charge < -0.3 is 10.2 Å². The predicted octanol–water partition coefficient (Wildman–Crippen LogP) is 2.71. The van der Waals surface area contributed by atoms with Crippen molar-refractivity contribution in [3.8, 4) is 0 Å². The van der Waals surface area contributed by atoms with Crippen molar-refractivity contribution < 1.29 is 4.79 Å². The van der Waals surface area contributed by atoms with E-state index < -0.39 is 0 Å². The maximum absolute atomic E-state index is 12.8. The Bertz CT molecular complexity index is 654. The van der Waals surface area contributed by atoms with Gasteiger partial charge in [0.05, 0.1) is 11.3 Å². The quantitative estimate of drug-likeness (QED) is 0.941. The average molecular weight is 281 g/mol. The minimum absolute atomic E-state index is 0.0496. The van der Waals surface area contributed by atoms with Gasteiger partial charge in [0.15, 0.2) is 0 Å². The maximum Gasteiger partial charge on any atom is 0.257 e. The Morgan fingerprint density at radius 2 is 2.10 bits per heavy atom. The highest BCUT2D eigenvalue weighted by molar-refractivity contribution is 5.99. The fourth-order valence-electron chi connectivity index (χ4n) is 2.75. The minimum atomic E-state index is 0.0496. The van der Waals surface area contributed by atoms with E-state index in [0.29, 0.717) is 12.1 Å². The van der Waals surface area contributed by atoms with Crippen molar-refractivity contribution in [3.05, 3.63) is 59.4 Å². The molecule has 1 aromatic carbocycles. The van der Waals surface area contributed by atoms with E-state index in [0.717, 1.165) is 25.2 Å². The maximum atomic E-state index is 12.8. The number of hydrogen-bond acceptors (Lipinski definition) is 3. The van der Waals surface area contributed by atoms with E-state index >= 15 is 0 Å². The van der Waals surface area contributed by atoms with Gasteiger partial charge >= 0.3 is 0 Å². The molecule has 21 heavy (non-hydrogen) atoms. The van der Waals surface area contributed by atoms with Crippen molar-refractivity contribution in [1.29, 1.82) is 0 Å². The van der Waals surface area contributed by atoms with E-state index in [2.05, 4.69) is 28.5 Å². The molecule has 4 heteroatoms. The number of rotatable bonds is 3. The molecule has 2 heterocycles. The van der Waals surface area contributed by atoms with Crippen LogP contribution in [0.5, 0.6) is 0 Å². The van der Waals surface area contributed by atoms with Crippen LogP contribution < -0.4 is 5.32 Å². The molecule has 4 nitrogen and oxygen atoms in total. The molecule has 1 N–H and O–H groups in total. The standard InChI is InChI=1S/C17H19N3O/c1-2-19-16-7-9-18-11-15(16)17(21)20-10-8-13-5-3-4-6-14(13)12-20/h3-7,9,11H,2,8,10,12H2,1H3,(H,18,19). The zero-order chi connectivity index (χ0) is 14.7. The lowest BCUT2D eigenvalue weighted by atomic mass is 9.99. The van der Waals surface area contributed by atoms with Crippen molar-refractivity contribution in [2.24, 2.45) is 0 Å². The predicted molar refractivity (Wildman–Crippen MR) is 83.3 cm³/mol. The van der Waals surface area contributed by atoms with Gasteiger partial charge in [0.25, 0.3) is 5.91 Å². The normalized spacial score (nSPS) is 13.7. The molecule has 0 saturated heterocycles. The number of carbonyl (C=O) groups is 1. The first kappa shape index (κ1) is 13.6. The third-order valence-electron chi connectivity index (χ3n) is 3.84. The molecule has 0 spiro atoms. The van der Waals surface area contributed by atoms with Crippen LogP contribution >= 0.6 is 0 Å². The third kappa shape index (κ3) is 2.75. The lowest BCUT2D eigenvalue weighted by Gasteiger charge is -2.29. The minimum Gasteiger partial charge on any atom is -0.385 e. The highest BCUT2D eigenvalue weighted by Gasteiger charge is 2.23. The lowest BCUT2D eigenvalue weighted by molar-refractivity contribution is 0.0735. The summed E-state index contributed by atoms with van der Waals surface area (Å²) in [5.74, 6) is 0.0496. The molecule has 0 bridgehead atoms. The van der Waals surface area contributed by atoms with Crippen molar-refractivity contribution in [2.45, 2.75) is 19.9 Å². The Hall–Kier alpha value is -2.36. The fraction of sp³-hybridized carbons (Fsp3) is 0.294. The second-order valence-corrected chi connectivity index (χ2v) is 5.20. The second-order valence-electron chi connectivity index (χ2n) is 5.20. The number of hydrogen-bond donors (Lipinski definition) is 1. The molecule has 3 rings (SSSR count). The molecule has 0 unspecified atom stereocenters. The van der Waals surface area contributed by atoms with Crippen LogP contribution in [0.1, 0.15) is 28.4 Å². The summed E-state index contributed by atoms with van der Waals surface area (Å²) >= 11 is 0. The van der Waals surface area contributed by atoms with E-state index in [1.807, 2.05) is 24.0 Å². The van der Waals surface area contributed by atoms with Gasteiger partial charge in [-0.3, -0.25) is 9.78 Å². The van der Waals surface area contributed by atoms with Crippen molar-refractivity contribution in [1.82, 2.24) is 9.88 Å². The monoisotopic (exact) mass is 281 g/mol. The van der Waals surface area contributed by atoms with Gasteiger partial charge in [-0.25, -0.2) is 0 Å². The van der Waals surface area contributed by atoms with E-state index in [1.54, 1.807) is 12.4 Å². The summed E-state index contributed by atoms with van der Waals surface area (Å²) in [6.07, 6.45) is 4.28. The van der Waals surface area contributed by atoms with Gasteiger partial charge in [-0.1, -0.05) is 24.3 Å². The Morgan fingerprint density at radius 1 is 1.29 bits per heavy atom. The Kier molecular flexibility index (Phi) is 3.86. The zero-order valence-corrected chi connectivity index (χ0v) is 12.2. The number of pyridine rings is 1. The van der Waals surface area contributed by atoms with E-state index in [9.17, 15) is 4.79 Å². The number of nitrogens with zero attached hydrogens (tertiary/aromatic N) is 2. The molecular formula is C17H19N3O. The molecule has 0 radical (unpaired) electrons. The number of fused-ring (bicyclic) bond motifs is 1. The molecule has 108 valence electrons. The smallest absolute Gasteiger partial charge is 0.257 e. The first-order valence-corrected chi connectivity index (χ1v) is 7.33. The largest absolute Gasteiger partial charge is 0.385 e. The first-order valence-electron chi connectivity index (χ1n) is 7.33. The molecule has 1 aliphatic rings. The number of carbonyl (C=O) groups excluding carboxylic acids is 1. The van der Waals surface area contributed by atoms with Crippen LogP contribution in [0, 0.1) is 0 Å². The molecule has 0 fully saturated rings. The van der Waals surface area contributed by atoms with Gasteiger partial charge in [-0.2, -0.15) is 0 Å². The molecular weight excluding hydrogens is 262 g/mol. The third-order valence-corrected chi connectivity index (χ3v) is 3.84. The van der Waals surface area contributed by atoms with Crippen LogP contribution in [-0.4, -0.2) is 28.9 Å². The summed E-state index contributed by atoms with van der Waals surface area (Å²) in [4.78, 5) is 18.8. The summed E-state index contributed by atoms with van der Waals surface area (Å²) in [7, 11) is 0. The molecule has 1 amide bonds. The topological polar surface area (TPSA) is 45.2 Å². The lowest BCUT2D eigenvalue weighted by Crippen LogP contribution is -2.36. The Labute approximate surface area is 124 Å². The zero-order valence-electron chi connectivity index (χ0n) is 12.2. The van der Waals surface area contributed by atoms with E-state index in [-0.39, 0.29) is 5.91 Å². The number of amides is 1. The fourth-order valence-corrected chi connectivity index (χ4v) is 2.75. The SMILES string of the molecule is CCNc1ccncc1C(=O)N1CCc2ccccc2C1. The van der Waals surface area contributed by atoms with Gasteiger partial charge in [0.2, 0.25) is 0 Å². The number of aromatic nitrogens is 1. The van der Waals surface area contributed by atoms with E-state index in [1.165, 1.54) is 11.1 Å². The van der Waals surface area contributed by atoms with E-state index in [4.69, 9.17) is 0 Å². The Balaban J connectivity index is 1.84. The molecule has 2 aromatic rings. The van der Waals surface area contributed by atoms with Crippen LogP contribution in [-0.2, 0) is 13.0 Å². The van der Waals surface area contributed by atoms with Crippen molar-refractivity contribution in [2.75, 3.05) is 18.4 Å². The summed E-state index contributed by atoms with van der Waals surface area (Å²) in [5, 5.41) is 3.23. The highest BCUT2D eigenvalue weighted by Crippen LogP contribution is 2.22. The van der Waals surface area contributed by atoms with Crippen LogP contribution in [0.3, 0.4) is 0 Å². The first-order chi connectivity index (χ1) is 10.3. The molecule has 0 atom stereocenters. The summed E-state index contributed by atoms with van der Waals surface area (Å²) in [6, 6.07) is 10.2. The van der Waals surface area contributed by atoms with Gasteiger partial charge in [0, 0.05) is 32.0 Å². The number of benzene rings is 1. The average Bonchev–Trinajstić information content (AvgIpc) is 2.54. The van der Waals surface area contributed by atoms with Crippen LogP contribution in [0.4, 0.5) is 5.69 Å². The molecule has 1 aliphatic heterocycles. The van der Waals surface area contributed by atoms with Gasteiger partial charge in [0.1, 0.15) is 0 Å².